The molecule has 13 heteroatoms. The van der Waals surface area contributed by atoms with Gasteiger partial charge < -0.3 is 14.7 Å². The van der Waals surface area contributed by atoms with E-state index >= 15 is 0 Å². The largest absolute Gasteiger partial charge is 0.455 e. The summed E-state index contributed by atoms with van der Waals surface area (Å²) in [4.78, 5) is 25.4. The van der Waals surface area contributed by atoms with E-state index in [0.29, 0.717) is 21.3 Å². The number of anilines is 1. The van der Waals surface area contributed by atoms with Crippen LogP contribution in [-0.4, -0.2) is 55.6 Å². The van der Waals surface area contributed by atoms with E-state index in [9.17, 15) is 26.4 Å². The molecule has 0 aliphatic rings. The van der Waals surface area contributed by atoms with Gasteiger partial charge in [0, 0.05) is 40.5 Å². The molecule has 3 heterocycles. The number of fused-ring (bicyclic) bond motifs is 2. The molecule has 0 radical (unpaired) electrons. The molecule has 2 N–H and O–H groups in total. The Morgan fingerprint density at radius 1 is 1.05 bits per heavy atom. The number of carbonyl (C=O) groups is 1. The number of aromatic nitrogens is 3. The number of nitrogens with one attached hydrogen (secondary N) is 2. The van der Waals surface area contributed by atoms with Gasteiger partial charge in [0.2, 0.25) is 10.0 Å². The Bertz CT molecular complexity index is 2110. The molecule has 0 fully saturated rings. The van der Waals surface area contributed by atoms with Crippen molar-refractivity contribution in [1.29, 1.82) is 0 Å². The molecule has 224 valence electrons. The van der Waals surface area contributed by atoms with Crippen molar-refractivity contribution in [3.8, 4) is 34.0 Å². The van der Waals surface area contributed by atoms with Crippen molar-refractivity contribution in [2.24, 2.45) is 0 Å². The number of hydrogen-bond acceptors (Lipinski definition) is 6. The average Bonchev–Trinajstić information content (AvgIpc) is 3.60. The van der Waals surface area contributed by atoms with E-state index in [1.54, 1.807) is 0 Å². The van der Waals surface area contributed by atoms with E-state index in [2.05, 4.69) is 15.3 Å². The quantitative estimate of drug-likeness (QED) is 0.208. The predicted molar refractivity (Wildman–Crippen MR) is 162 cm³/mol. The number of rotatable bonds is 8. The molecular formula is C31H24F3N5O4S. The number of halogens is 3. The molecule has 0 unspecified atom stereocenters. The van der Waals surface area contributed by atoms with Gasteiger partial charge in [0.15, 0.2) is 0 Å². The van der Waals surface area contributed by atoms with Crippen molar-refractivity contribution in [2.75, 3.05) is 24.2 Å². The number of nitrogens with zero attached hydrogens (tertiary/aromatic N) is 3. The summed E-state index contributed by atoms with van der Waals surface area (Å²) in [6, 6.07) is 17.5. The van der Waals surface area contributed by atoms with E-state index < -0.39 is 34.7 Å². The van der Waals surface area contributed by atoms with Gasteiger partial charge >= 0.3 is 0 Å². The first-order chi connectivity index (χ1) is 21.0. The second kappa shape index (κ2) is 11.2. The van der Waals surface area contributed by atoms with Crippen molar-refractivity contribution in [2.45, 2.75) is 6.43 Å². The van der Waals surface area contributed by atoms with Crippen LogP contribution >= 0.6 is 0 Å². The van der Waals surface area contributed by atoms with Crippen LogP contribution in [0.15, 0.2) is 83.5 Å². The highest BCUT2D eigenvalue weighted by Gasteiger charge is 2.29. The first-order valence-electron chi connectivity index (χ1n) is 13.3. The topological polar surface area (TPSA) is 121 Å². The lowest BCUT2D eigenvalue weighted by atomic mass is 10.0. The van der Waals surface area contributed by atoms with Gasteiger partial charge in [-0.25, -0.2) is 26.6 Å². The monoisotopic (exact) mass is 619 g/mol. The van der Waals surface area contributed by atoms with Gasteiger partial charge in [-0.15, -0.1) is 0 Å². The maximum atomic E-state index is 13.8. The zero-order valence-electron chi connectivity index (χ0n) is 23.3. The van der Waals surface area contributed by atoms with Crippen LogP contribution < -0.4 is 9.62 Å². The van der Waals surface area contributed by atoms with Crippen LogP contribution in [0.1, 0.15) is 10.4 Å². The Morgan fingerprint density at radius 3 is 2.45 bits per heavy atom. The number of hydrogen-bond donors (Lipinski definition) is 2. The van der Waals surface area contributed by atoms with Gasteiger partial charge in [0.25, 0.3) is 12.3 Å². The smallest absolute Gasteiger partial charge is 0.257 e. The number of aromatic amines is 1. The third-order valence-electron chi connectivity index (χ3n) is 7.06. The summed E-state index contributed by atoms with van der Waals surface area (Å²) in [6.45, 7) is -1.14. The molecule has 3 aromatic carbocycles. The summed E-state index contributed by atoms with van der Waals surface area (Å²) in [5.41, 5.74) is 2.53. The van der Waals surface area contributed by atoms with E-state index in [1.807, 2.05) is 30.3 Å². The van der Waals surface area contributed by atoms with Gasteiger partial charge in [-0.2, -0.15) is 0 Å². The Morgan fingerprint density at radius 2 is 1.77 bits per heavy atom. The highest BCUT2D eigenvalue weighted by molar-refractivity contribution is 7.92. The summed E-state index contributed by atoms with van der Waals surface area (Å²) in [7, 11) is -2.81. The van der Waals surface area contributed by atoms with Crippen molar-refractivity contribution in [3.63, 3.8) is 0 Å². The van der Waals surface area contributed by atoms with Gasteiger partial charge in [-0.3, -0.25) is 14.1 Å². The van der Waals surface area contributed by atoms with Crippen LogP contribution in [0.2, 0.25) is 0 Å². The number of benzene rings is 3. The van der Waals surface area contributed by atoms with Gasteiger partial charge in [0.1, 0.15) is 22.9 Å². The average molecular weight is 620 g/mol. The maximum Gasteiger partial charge on any atom is 0.257 e. The van der Waals surface area contributed by atoms with E-state index in [-0.39, 0.29) is 39.2 Å². The van der Waals surface area contributed by atoms with Gasteiger partial charge in [-0.1, -0.05) is 18.2 Å². The predicted octanol–water partition coefficient (Wildman–Crippen LogP) is 6.23. The number of H-pyrrole nitrogens is 1. The summed E-state index contributed by atoms with van der Waals surface area (Å²) in [6.07, 6.45) is 0.697. The van der Waals surface area contributed by atoms with Crippen molar-refractivity contribution in [1.82, 2.24) is 20.3 Å². The SMILES string of the molecule is CNC(=O)c1c(-c2ccc(F)cc2)oc2cc(N(CC(F)F)S(C)(=O)=O)c(-c3cncc(-c4cc5ccccc5[nH]4)n3)cc12. The standard InChI is InChI=1S/C31H24F3N5O4S/c1-35-31(40)29-21-12-20(24-14-36-15-25(38-24)23-11-18-5-3-4-6-22(18)37-23)26(39(16-28(33)34)44(2,41)42)13-27(21)43-30(29)17-7-9-19(32)10-8-17/h3-15,28,37H,16H2,1-2H3,(H,35,40). The summed E-state index contributed by atoms with van der Waals surface area (Å²) < 4.78 is 73.6. The van der Waals surface area contributed by atoms with Crippen LogP contribution in [0.5, 0.6) is 0 Å². The highest BCUT2D eigenvalue weighted by Crippen LogP contribution is 2.41. The van der Waals surface area contributed by atoms with Crippen molar-refractivity contribution in [3.05, 3.63) is 90.5 Å². The molecule has 0 spiro atoms. The molecule has 0 aliphatic heterocycles. The van der Waals surface area contributed by atoms with Gasteiger partial charge in [0.05, 0.1) is 47.8 Å². The van der Waals surface area contributed by atoms with E-state index in [1.165, 1.54) is 55.8 Å². The number of amides is 1. The van der Waals surface area contributed by atoms with Crippen LogP contribution in [0.4, 0.5) is 18.9 Å². The fourth-order valence-electron chi connectivity index (χ4n) is 5.07. The minimum Gasteiger partial charge on any atom is -0.455 e. The molecule has 0 saturated carbocycles. The Hall–Kier alpha value is -5.17. The normalized spacial score (nSPS) is 11.9. The lowest BCUT2D eigenvalue weighted by Crippen LogP contribution is -2.34. The third-order valence-corrected chi connectivity index (χ3v) is 8.20. The lowest BCUT2D eigenvalue weighted by molar-refractivity contribution is 0.0964. The molecular weight excluding hydrogens is 595 g/mol. The molecule has 0 aliphatic carbocycles. The summed E-state index contributed by atoms with van der Waals surface area (Å²) in [5, 5.41) is 3.75. The molecule has 0 saturated heterocycles. The molecule has 6 aromatic rings. The second-order valence-electron chi connectivity index (χ2n) is 10.0. The number of para-hydroxylation sites is 1. The third kappa shape index (κ3) is 5.37. The summed E-state index contributed by atoms with van der Waals surface area (Å²) >= 11 is 0. The number of sulfonamides is 1. The first kappa shape index (κ1) is 28.9. The van der Waals surface area contributed by atoms with Crippen LogP contribution in [0, 0.1) is 5.82 Å². The van der Waals surface area contributed by atoms with E-state index in [0.717, 1.165) is 17.2 Å². The molecule has 9 nitrogen and oxygen atoms in total. The van der Waals surface area contributed by atoms with Gasteiger partial charge in [-0.05, 0) is 42.5 Å². The summed E-state index contributed by atoms with van der Waals surface area (Å²) in [5.74, 6) is -0.951. The molecule has 0 atom stereocenters. The molecule has 3 aromatic heterocycles. The highest BCUT2D eigenvalue weighted by atomic mass is 32.2. The Labute approximate surface area is 249 Å². The fourth-order valence-corrected chi connectivity index (χ4v) is 5.97. The van der Waals surface area contributed by atoms with Crippen molar-refractivity contribution >= 4 is 43.5 Å². The zero-order valence-corrected chi connectivity index (χ0v) is 24.1. The molecule has 6 rings (SSSR count). The maximum absolute atomic E-state index is 13.8. The lowest BCUT2D eigenvalue weighted by Gasteiger charge is -2.24. The van der Waals surface area contributed by atoms with Crippen LogP contribution in [-0.2, 0) is 10.0 Å². The Balaban J connectivity index is 1.63. The van der Waals surface area contributed by atoms with E-state index in [4.69, 9.17) is 9.40 Å². The number of furan rings is 1. The zero-order chi connectivity index (χ0) is 31.2. The first-order valence-corrected chi connectivity index (χ1v) is 15.1. The second-order valence-corrected chi connectivity index (χ2v) is 11.9. The molecule has 44 heavy (non-hydrogen) atoms. The Kier molecular flexibility index (Phi) is 7.33. The minimum atomic E-state index is -4.24. The molecule has 0 bridgehead atoms. The van der Waals surface area contributed by atoms with Crippen molar-refractivity contribution < 1.29 is 30.8 Å². The van der Waals surface area contributed by atoms with Crippen LogP contribution in [0.25, 0.3) is 55.8 Å². The molecule has 1 amide bonds. The minimum absolute atomic E-state index is 0.0457. The fraction of sp³-hybridized carbons (Fsp3) is 0.129. The number of alkyl halides is 2. The van der Waals surface area contributed by atoms with Crippen LogP contribution in [0.3, 0.4) is 0 Å². The number of carbonyl (C=O) groups excluding carboxylic acids is 1.